The van der Waals surface area contributed by atoms with Crippen LogP contribution in [0.3, 0.4) is 0 Å². The Bertz CT molecular complexity index is 963. The van der Waals surface area contributed by atoms with Gasteiger partial charge in [0.25, 0.3) is 0 Å². The van der Waals surface area contributed by atoms with Crippen molar-refractivity contribution in [2.75, 3.05) is 48.0 Å². The lowest BCUT2D eigenvalue weighted by atomic mass is 10.1. The average molecular weight is 390 g/mol. The van der Waals surface area contributed by atoms with Crippen LogP contribution in [0.15, 0.2) is 48.5 Å². The summed E-state index contributed by atoms with van der Waals surface area (Å²) in [5.74, 6) is -0.706. The summed E-state index contributed by atoms with van der Waals surface area (Å²) in [6.07, 6.45) is 0.168. The molecule has 0 bridgehead atoms. The molecule has 0 spiro atoms. The zero-order chi connectivity index (χ0) is 20.2. The van der Waals surface area contributed by atoms with E-state index in [1.54, 1.807) is 29.2 Å². The molecule has 148 valence electrons. The van der Waals surface area contributed by atoms with E-state index in [4.69, 9.17) is 10.00 Å². The summed E-state index contributed by atoms with van der Waals surface area (Å²) in [5, 5.41) is 11.8. The number of benzene rings is 2. The molecule has 2 aliphatic heterocycles. The number of anilines is 3. The highest BCUT2D eigenvalue weighted by Crippen LogP contribution is 2.34. The van der Waals surface area contributed by atoms with Crippen LogP contribution in [0.5, 0.6) is 0 Å². The molecule has 0 radical (unpaired) electrons. The topological polar surface area (TPSA) is 85.7 Å². The number of nitrogens with one attached hydrogen (secondary N) is 1. The number of ether oxygens (including phenoxy) is 1. The zero-order valence-electron chi connectivity index (χ0n) is 16.0. The third kappa shape index (κ3) is 4.08. The van der Waals surface area contributed by atoms with E-state index in [2.05, 4.69) is 16.3 Å². The first-order valence-corrected chi connectivity index (χ1v) is 9.69. The van der Waals surface area contributed by atoms with Crippen LogP contribution in [0.2, 0.25) is 0 Å². The first-order valence-electron chi connectivity index (χ1n) is 9.69. The van der Waals surface area contributed by atoms with Gasteiger partial charge in [0.05, 0.1) is 42.1 Å². The number of carbonyl (C=O) groups excluding carboxylic acids is 2. The summed E-state index contributed by atoms with van der Waals surface area (Å²) in [6, 6.07) is 16.6. The van der Waals surface area contributed by atoms with Gasteiger partial charge in [0.2, 0.25) is 11.8 Å². The fourth-order valence-corrected chi connectivity index (χ4v) is 3.79. The molecule has 7 nitrogen and oxygen atoms in total. The summed E-state index contributed by atoms with van der Waals surface area (Å²) < 4.78 is 5.43. The number of nitriles is 1. The number of carbonyl (C=O) groups is 2. The minimum Gasteiger partial charge on any atom is -0.378 e. The molecule has 1 atom stereocenters. The van der Waals surface area contributed by atoms with Gasteiger partial charge in [-0.2, -0.15) is 5.26 Å². The van der Waals surface area contributed by atoms with E-state index in [1.807, 2.05) is 24.3 Å². The second kappa shape index (κ2) is 8.33. The monoisotopic (exact) mass is 390 g/mol. The molecule has 0 aromatic heterocycles. The largest absolute Gasteiger partial charge is 0.378 e. The Hall–Kier alpha value is -3.37. The zero-order valence-corrected chi connectivity index (χ0v) is 16.0. The first-order chi connectivity index (χ1) is 14.2. The Kier molecular flexibility index (Phi) is 5.45. The van der Waals surface area contributed by atoms with E-state index in [-0.39, 0.29) is 18.2 Å². The van der Waals surface area contributed by atoms with Crippen molar-refractivity contribution in [3.05, 3.63) is 54.1 Å². The van der Waals surface area contributed by atoms with Gasteiger partial charge in [0, 0.05) is 31.7 Å². The molecule has 0 saturated carbocycles. The quantitative estimate of drug-likeness (QED) is 0.866. The van der Waals surface area contributed by atoms with Crippen molar-refractivity contribution in [2.45, 2.75) is 6.42 Å². The maximum Gasteiger partial charge on any atom is 0.229 e. The van der Waals surface area contributed by atoms with Crippen molar-refractivity contribution < 1.29 is 14.3 Å². The van der Waals surface area contributed by atoms with Crippen molar-refractivity contribution in [1.29, 1.82) is 5.26 Å². The summed E-state index contributed by atoms with van der Waals surface area (Å²) in [6.45, 7) is 3.21. The van der Waals surface area contributed by atoms with Gasteiger partial charge >= 0.3 is 0 Å². The van der Waals surface area contributed by atoms with E-state index < -0.39 is 5.92 Å². The Morgan fingerprint density at radius 3 is 2.62 bits per heavy atom. The van der Waals surface area contributed by atoms with Crippen molar-refractivity contribution >= 4 is 28.9 Å². The summed E-state index contributed by atoms with van der Waals surface area (Å²) in [5.41, 5.74) is 2.87. The molecule has 2 aromatic rings. The molecule has 1 unspecified atom stereocenters. The molecule has 2 saturated heterocycles. The number of hydrogen-bond donors (Lipinski definition) is 1. The minimum absolute atomic E-state index is 0.0587. The van der Waals surface area contributed by atoms with Crippen molar-refractivity contribution in [3.63, 3.8) is 0 Å². The lowest BCUT2D eigenvalue weighted by molar-refractivity contribution is -0.122. The highest BCUT2D eigenvalue weighted by molar-refractivity contribution is 6.05. The van der Waals surface area contributed by atoms with Gasteiger partial charge in [-0.25, -0.2) is 0 Å². The first kappa shape index (κ1) is 19.0. The van der Waals surface area contributed by atoms with Gasteiger partial charge in [-0.1, -0.05) is 18.2 Å². The maximum atomic E-state index is 12.7. The number of amides is 2. The fraction of sp³-hybridized carbons (Fsp3) is 0.318. The maximum absolute atomic E-state index is 12.7. The third-order valence-electron chi connectivity index (χ3n) is 5.28. The molecule has 2 amide bonds. The number of morpholine rings is 1. The van der Waals surface area contributed by atoms with Crippen LogP contribution in [-0.2, 0) is 14.3 Å². The third-order valence-corrected chi connectivity index (χ3v) is 5.28. The van der Waals surface area contributed by atoms with Crippen LogP contribution in [-0.4, -0.2) is 44.7 Å². The van der Waals surface area contributed by atoms with E-state index in [0.717, 1.165) is 24.5 Å². The smallest absolute Gasteiger partial charge is 0.229 e. The summed E-state index contributed by atoms with van der Waals surface area (Å²) in [7, 11) is 0. The minimum atomic E-state index is -0.439. The normalized spacial score (nSPS) is 19.1. The molecule has 2 aromatic carbocycles. The Morgan fingerprint density at radius 1 is 1.10 bits per heavy atom. The molecule has 4 rings (SSSR count). The van der Waals surface area contributed by atoms with E-state index in [1.165, 1.54) is 0 Å². The van der Waals surface area contributed by atoms with Gasteiger partial charge in [0.1, 0.15) is 0 Å². The highest BCUT2D eigenvalue weighted by atomic mass is 16.5. The van der Waals surface area contributed by atoms with Gasteiger partial charge in [-0.15, -0.1) is 0 Å². The molecule has 1 N–H and O–H groups in total. The lowest BCUT2D eigenvalue weighted by Gasteiger charge is -2.32. The van der Waals surface area contributed by atoms with Gasteiger partial charge in [-0.05, 0) is 30.3 Å². The van der Waals surface area contributed by atoms with Crippen molar-refractivity contribution in [3.8, 4) is 6.07 Å². The van der Waals surface area contributed by atoms with Crippen LogP contribution >= 0.6 is 0 Å². The predicted molar refractivity (Wildman–Crippen MR) is 110 cm³/mol. The summed E-state index contributed by atoms with van der Waals surface area (Å²) >= 11 is 0. The molecular weight excluding hydrogens is 368 g/mol. The predicted octanol–water partition coefficient (Wildman–Crippen LogP) is 2.39. The Labute approximate surface area is 169 Å². The molecule has 29 heavy (non-hydrogen) atoms. The molecular formula is C22H22N4O3. The average Bonchev–Trinajstić information content (AvgIpc) is 3.16. The fourth-order valence-electron chi connectivity index (χ4n) is 3.79. The SMILES string of the molecule is N#Cc1cccc(NC(=O)C2CC(=O)N(c3ccccc3N3CCOCC3)C2)c1. The van der Waals surface area contributed by atoms with Crippen LogP contribution < -0.4 is 15.1 Å². The molecule has 2 heterocycles. The standard InChI is InChI=1S/C22H22N4O3/c23-14-16-4-3-5-18(12-16)24-22(28)17-13-21(27)26(15-17)20-7-2-1-6-19(20)25-8-10-29-11-9-25/h1-7,12,17H,8-11,13,15H2,(H,24,28). The number of rotatable bonds is 4. The molecule has 2 fully saturated rings. The van der Waals surface area contributed by atoms with Gasteiger partial charge < -0.3 is 19.9 Å². The lowest BCUT2D eigenvalue weighted by Crippen LogP contribution is -2.38. The van der Waals surface area contributed by atoms with Crippen LogP contribution in [0.1, 0.15) is 12.0 Å². The second-order valence-corrected chi connectivity index (χ2v) is 7.18. The van der Waals surface area contributed by atoms with E-state index >= 15 is 0 Å². The second-order valence-electron chi connectivity index (χ2n) is 7.18. The van der Waals surface area contributed by atoms with Crippen LogP contribution in [0.4, 0.5) is 17.1 Å². The Balaban J connectivity index is 1.50. The van der Waals surface area contributed by atoms with Crippen LogP contribution in [0.25, 0.3) is 0 Å². The van der Waals surface area contributed by atoms with Gasteiger partial charge in [-0.3, -0.25) is 9.59 Å². The van der Waals surface area contributed by atoms with E-state index in [0.29, 0.717) is 31.0 Å². The van der Waals surface area contributed by atoms with Crippen LogP contribution in [0, 0.1) is 17.2 Å². The molecule has 2 aliphatic rings. The Morgan fingerprint density at radius 2 is 1.86 bits per heavy atom. The van der Waals surface area contributed by atoms with Crippen molar-refractivity contribution in [2.24, 2.45) is 5.92 Å². The molecule has 7 heteroatoms. The number of para-hydroxylation sites is 2. The van der Waals surface area contributed by atoms with Crippen molar-refractivity contribution in [1.82, 2.24) is 0 Å². The highest BCUT2D eigenvalue weighted by Gasteiger charge is 2.36. The van der Waals surface area contributed by atoms with Gasteiger partial charge in [0.15, 0.2) is 0 Å². The van der Waals surface area contributed by atoms with E-state index in [9.17, 15) is 9.59 Å². The summed E-state index contributed by atoms with van der Waals surface area (Å²) in [4.78, 5) is 29.4. The number of hydrogen-bond acceptors (Lipinski definition) is 5. The molecule has 0 aliphatic carbocycles. The number of nitrogens with zero attached hydrogens (tertiary/aromatic N) is 3.